The third kappa shape index (κ3) is 5.30. The van der Waals surface area contributed by atoms with Gasteiger partial charge >= 0.3 is 0 Å². The molecule has 0 amide bonds. The van der Waals surface area contributed by atoms with E-state index in [1.54, 1.807) is 12.3 Å². The largest absolute Gasteiger partial charge is 0.395 e. The first-order chi connectivity index (χ1) is 14.9. The Kier molecular flexibility index (Phi) is 7.31. The van der Waals surface area contributed by atoms with Crippen LogP contribution in [0.1, 0.15) is 31.4 Å². The van der Waals surface area contributed by atoms with Crippen LogP contribution in [-0.2, 0) is 0 Å². The number of β-amino-alcohol motifs (C(OH)–C–C–N with tert-alkyl or cyclic N) is 1. The van der Waals surface area contributed by atoms with Crippen molar-refractivity contribution in [3.8, 4) is 0 Å². The number of piperidine rings is 1. The van der Waals surface area contributed by atoms with Crippen molar-refractivity contribution in [3.05, 3.63) is 45.3 Å². The molecule has 0 radical (unpaired) electrons. The Labute approximate surface area is 195 Å². The molecule has 31 heavy (non-hydrogen) atoms. The standard InChI is InChI=1S/C22H28BrClFN5O/c1-14(18-5-4-17(25)9-20(18)24)27-21-19(23)10-26-22(28-21)30-12-16(13-30)15-3-2-6-29(11-15)7-8-31/h4-5,9-10,14-16,31H,2-3,6-8,11-13H2,1H3,(H,26,27,28). The third-order valence-electron chi connectivity index (χ3n) is 6.33. The molecule has 0 saturated carbocycles. The van der Waals surface area contributed by atoms with E-state index in [9.17, 15) is 9.50 Å². The van der Waals surface area contributed by atoms with E-state index in [2.05, 4.69) is 36.0 Å². The molecular formula is C22H28BrClFN5O. The maximum atomic E-state index is 13.4. The number of nitrogens with one attached hydrogen (secondary N) is 1. The van der Waals surface area contributed by atoms with Crippen LogP contribution in [0, 0.1) is 17.7 Å². The maximum absolute atomic E-state index is 13.4. The van der Waals surface area contributed by atoms with Gasteiger partial charge in [-0.05, 0) is 71.8 Å². The van der Waals surface area contributed by atoms with Crippen LogP contribution in [0.4, 0.5) is 16.2 Å². The summed E-state index contributed by atoms with van der Waals surface area (Å²) in [4.78, 5) is 13.8. The molecule has 168 valence electrons. The average Bonchev–Trinajstić information content (AvgIpc) is 2.70. The van der Waals surface area contributed by atoms with Gasteiger partial charge in [-0.25, -0.2) is 9.37 Å². The van der Waals surface area contributed by atoms with Crippen molar-refractivity contribution in [3.63, 3.8) is 0 Å². The highest BCUT2D eigenvalue weighted by Crippen LogP contribution is 2.34. The molecule has 2 unspecified atom stereocenters. The zero-order valence-electron chi connectivity index (χ0n) is 17.6. The van der Waals surface area contributed by atoms with Gasteiger partial charge in [-0.3, -0.25) is 0 Å². The quantitative estimate of drug-likeness (QED) is 0.575. The Morgan fingerprint density at radius 3 is 2.87 bits per heavy atom. The summed E-state index contributed by atoms with van der Waals surface area (Å²) in [7, 11) is 0. The van der Waals surface area contributed by atoms with Crippen LogP contribution in [0.5, 0.6) is 0 Å². The van der Waals surface area contributed by atoms with E-state index in [1.165, 1.54) is 25.0 Å². The molecule has 6 nitrogen and oxygen atoms in total. The predicted molar refractivity (Wildman–Crippen MR) is 125 cm³/mol. The second-order valence-electron chi connectivity index (χ2n) is 8.49. The average molecular weight is 513 g/mol. The van der Waals surface area contributed by atoms with Crippen LogP contribution >= 0.6 is 27.5 Å². The van der Waals surface area contributed by atoms with Crippen molar-refractivity contribution in [1.82, 2.24) is 14.9 Å². The highest BCUT2D eigenvalue weighted by Gasteiger charge is 2.37. The van der Waals surface area contributed by atoms with Crippen LogP contribution < -0.4 is 10.2 Å². The van der Waals surface area contributed by atoms with Gasteiger partial charge in [0.2, 0.25) is 5.95 Å². The number of hydrogen-bond acceptors (Lipinski definition) is 6. The minimum absolute atomic E-state index is 0.143. The van der Waals surface area contributed by atoms with Gasteiger partial charge in [0.15, 0.2) is 0 Å². The number of rotatable bonds is 7. The lowest BCUT2D eigenvalue weighted by Crippen LogP contribution is -2.54. The Balaban J connectivity index is 1.38. The van der Waals surface area contributed by atoms with Crippen LogP contribution in [0.3, 0.4) is 0 Å². The Hall–Kier alpha value is -1.48. The molecule has 0 aliphatic carbocycles. The minimum Gasteiger partial charge on any atom is -0.395 e. The van der Waals surface area contributed by atoms with E-state index < -0.39 is 0 Å². The van der Waals surface area contributed by atoms with E-state index >= 15 is 0 Å². The Morgan fingerprint density at radius 1 is 1.32 bits per heavy atom. The first kappa shape index (κ1) is 22.7. The number of aromatic nitrogens is 2. The number of aliphatic hydroxyl groups is 1. The molecule has 0 bridgehead atoms. The fraction of sp³-hybridized carbons (Fsp3) is 0.545. The zero-order valence-corrected chi connectivity index (χ0v) is 19.9. The zero-order chi connectivity index (χ0) is 22.0. The molecule has 2 aliphatic rings. The molecule has 2 N–H and O–H groups in total. The molecule has 4 rings (SSSR count). The highest BCUT2D eigenvalue weighted by molar-refractivity contribution is 9.10. The number of likely N-dealkylation sites (tertiary alicyclic amines) is 1. The second-order valence-corrected chi connectivity index (χ2v) is 9.75. The predicted octanol–water partition coefficient (Wildman–Crippen LogP) is 4.35. The van der Waals surface area contributed by atoms with E-state index in [4.69, 9.17) is 16.6 Å². The molecule has 3 heterocycles. The lowest BCUT2D eigenvalue weighted by Gasteiger charge is -2.46. The summed E-state index contributed by atoms with van der Waals surface area (Å²) < 4.78 is 14.1. The topological polar surface area (TPSA) is 64.5 Å². The summed E-state index contributed by atoms with van der Waals surface area (Å²) in [6.45, 7) is 7.05. The van der Waals surface area contributed by atoms with Gasteiger partial charge in [-0.15, -0.1) is 0 Å². The van der Waals surface area contributed by atoms with Gasteiger partial charge in [-0.2, -0.15) is 4.98 Å². The van der Waals surface area contributed by atoms with Gasteiger partial charge < -0.3 is 20.2 Å². The van der Waals surface area contributed by atoms with E-state index in [0.717, 1.165) is 42.8 Å². The Morgan fingerprint density at radius 2 is 2.13 bits per heavy atom. The van der Waals surface area contributed by atoms with Crippen LogP contribution in [0.25, 0.3) is 0 Å². The molecule has 2 fully saturated rings. The molecular weight excluding hydrogens is 485 g/mol. The van der Waals surface area contributed by atoms with Crippen LogP contribution in [-0.4, -0.2) is 59.3 Å². The number of benzene rings is 1. The van der Waals surface area contributed by atoms with Crippen molar-refractivity contribution in [2.24, 2.45) is 11.8 Å². The van der Waals surface area contributed by atoms with Crippen molar-refractivity contribution in [2.45, 2.75) is 25.8 Å². The van der Waals surface area contributed by atoms with Gasteiger partial charge in [0.1, 0.15) is 11.6 Å². The number of hydrogen-bond donors (Lipinski definition) is 2. The van der Waals surface area contributed by atoms with Gasteiger partial charge in [0.05, 0.1) is 17.1 Å². The highest BCUT2D eigenvalue weighted by atomic mass is 79.9. The van der Waals surface area contributed by atoms with E-state index in [0.29, 0.717) is 28.6 Å². The summed E-state index contributed by atoms with van der Waals surface area (Å²) in [5, 5.41) is 13.0. The molecule has 9 heteroatoms. The van der Waals surface area contributed by atoms with Gasteiger partial charge in [-0.1, -0.05) is 17.7 Å². The normalized spacial score (nSPS) is 21.1. The lowest BCUT2D eigenvalue weighted by atomic mass is 9.81. The van der Waals surface area contributed by atoms with Crippen LogP contribution in [0.15, 0.2) is 28.9 Å². The molecule has 1 aromatic heterocycles. The summed E-state index contributed by atoms with van der Waals surface area (Å²) in [5.41, 5.74) is 0.809. The summed E-state index contributed by atoms with van der Waals surface area (Å²) in [6.07, 6.45) is 4.22. The van der Waals surface area contributed by atoms with E-state index in [-0.39, 0.29) is 18.5 Å². The van der Waals surface area contributed by atoms with Crippen molar-refractivity contribution >= 4 is 39.3 Å². The molecule has 0 spiro atoms. The summed E-state index contributed by atoms with van der Waals surface area (Å²) in [5.74, 6) is 2.36. The lowest BCUT2D eigenvalue weighted by molar-refractivity contribution is 0.101. The minimum atomic E-state index is -0.351. The molecule has 2 atom stereocenters. The number of halogens is 3. The first-order valence-electron chi connectivity index (χ1n) is 10.8. The third-order valence-corrected chi connectivity index (χ3v) is 7.24. The molecule has 2 aromatic rings. The van der Waals surface area contributed by atoms with Crippen LogP contribution in [0.2, 0.25) is 5.02 Å². The van der Waals surface area contributed by atoms with Crippen molar-refractivity contribution < 1.29 is 9.50 Å². The van der Waals surface area contributed by atoms with Crippen molar-refractivity contribution in [1.29, 1.82) is 0 Å². The second kappa shape index (κ2) is 9.98. The fourth-order valence-corrected chi connectivity index (χ4v) is 5.18. The monoisotopic (exact) mass is 511 g/mol. The van der Waals surface area contributed by atoms with Gasteiger partial charge in [0, 0.05) is 37.4 Å². The molecule has 1 aromatic carbocycles. The van der Waals surface area contributed by atoms with E-state index in [1.807, 2.05) is 6.92 Å². The summed E-state index contributed by atoms with van der Waals surface area (Å²) in [6, 6.07) is 4.28. The number of anilines is 2. The SMILES string of the molecule is CC(Nc1nc(N2CC(C3CCCN(CCO)C3)C2)ncc1Br)c1ccc(F)cc1Cl. The number of nitrogens with zero attached hydrogens (tertiary/aromatic N) is 4. The molecule has 2 aliphatic heterocycles. The first-order valence-corrected chi connectivity index (χ1v) is 11.9. The smallest absolute Gasteiger partial charge is 0.227 e. The fourth-order valence-electron chi connectivity index (χ4n) is 4.54. The van der Waals surface area contributed by atoms with Gasteiger partial charge in [0.25, 0.3) is 0 Å². The number of aliphatic hydroxyl groups excluding tert-OH is 1. The Bertz CT molecular complexity index is 911. The summed E-state index contributed by atoms with van der Waals surface area (Å²) >= 11 is 9.74. The maximum Gasteiger partial charge on any atom is 0.227 e. The van der Waals surface area contributed by atoms with Crippen molar-refractivity contribution in [2.75, 3.05) is 49.5 Å². The molecule has 2 saturated heterocycles.